The number of rotatable bonds is 4. The van der Waals surface area contributed by atoms with Gasteiger partial charge in [0.05, 0.1) is 23.4 Å². The number of hydrogen-bond acceptors (Lipinski definition) is 5. The molecule has 0 fully saturated rings. The number of esters is 1. The van der Waals surface area contributed by atoms with E-state index in [0.29, 0.717) is 29.2 Å². The van der Waals surface area contributed by atoms with Crippen molar-refractivity contribution in [1.82, 2.24) is 4.98 Å². The van der Waals surface area contributed by atoms with Gasteiger partial charge in [0.2, 0.25) is 0 Å². The molecule has 0 amide bonds. The molecular weight excluding hydrogens is 334 g/mol. The lowest BCUT2D eigenvalue weighted by Gasteiger charge is -2.08. The minimum Gasteiger partial charge on any atom is -0.462 e. The van der Waals surface area contributed by atoms with E-state index in [2.05, 4.69) is 32.3 Å². The molecule has 1 aromatic carbocycles. The normalized spacial score (nSPS) is 9.76. The predicted octanol–water partition coefficient (Wildman–Crippen LogP) is 3.64. The number of ether oxygens (including phenoxy) is 1. The van der Waals surface area contributed by atoms with E-state index in [1.54, 1.807) is 37.3 Å². The maximum Gasteiger partial charge on any atom is 0.339 e. The van der Waals surface area contributed by atoms with Crippen molar-refractivity contribution in [3.63, 3.8) is 0 Å². The molecule has 0 spiro atoms. The Kier molecular flexibility index (Phi) is 4.90. The Balaban J connectivity index is 2.19. The predicted molar refractivity (Wildman–Crippen MR) is 82.3 cm³/mol. The van der Waals surface area contributed by atoms with Crippen molar-refractivity contribution in [3.8, 4) is 6.07 Å². The largest absolute Gasteiger partial charge is 0.462 e. The van der Waals surface area contributed by atoms with Crippen LogP contribution in [0.15, 0.2) is 41.0 Å². The first kappa shape index (κ1) is 15.0. The van der Waals surface area contributed by atoms with E-state index in [0.717, 1.165) is 4.47 Å². The number of aromatic nitrogens is 1. The highest BCUT2D eigenvalue weighted by Crippen LogP contribution is 2.23. The molecule has 0 unspecified atom stereocenters. The summed E-state index contributed by atoms with van der Waals surface area (Å²) in [6, 6.07) is 10.7. The van der Waals surface area contributed by atoms with E-state index in [-0.39, 0.29) is 0 Å². The summed E-state index contributed by atoms with van der Waals surface area (Å²) < 4.78 is 5.74. The van der Waals surface area contributed by atoms with Gasteiger partial charge in [0.15, 0.2) is 0 Å². The van der Waals surface area contributed by atoms with Crippen LogP contribution in [0.2, 0.25) is 0 Å². The molecule has 6 heteroatoms. The Morgan fingerprint density at radius 2 is 2.24 bits per heavy atom. The minimum absolute atomic E-state index is 0.322. The maximum absolute atomic E-state index is 11.5. The molecule has 2 aromatic rings. The van der Waals surface area contributed by atoms with Crippen LogP contribution in [-0.2, 0) is 4.74 Å². The molecule has 0 aliphatic rings. The summed E-state index contributed by atoms with van der Waals surface area (Å²) in [5.74, 6) is 0.134. The van der Waals surface area contributed by atoms with Crippen molar-refractivity contribution >= 4 is 33.4 Å². The van der Waals surface area contributed by atoms with Crippen LogP contribution >= 0.6 is 15.9 Å². The first-order chi connectivity index (χ1) is 10.1. The summed E-state index contributed by atoms with van der Waals surface area (Å²) in [6.45, 7) is 2.07. The average Bonchev–Trinajstić information content (AvgIpc) is 2.48. The second-order valence-corrected chi connectivity index (χ2v) is 4.99. The van der Waals surface area contributed by atoms with Gasteiger partial charge in [-0.15, -0.1) is 0 Å². The highest BCUT2D eigenvalue weighted by atomic mass is 79.9. The average molecular weight is 346 g/mol. The van der Waals surface area contributed by atoms with E-state index < -0.39 is 5.97 Å². The minimum atomic E-state index is -0.406. The molecule has 0 aliphatic carbocycles. The summed E-state index contributed by atoms with van der Waals surface area (Å²) in [5, 5.41) is 12.1. The quantitative estimate of drug-likeness (QED) is 0.856. The Hall–Kier alpha value is -2.39. The standard InChI is InChI=1S/C15H12BrN3O2/c1-2-21-15(20)11-4-6-14(18-9-11)19-13-7-12(16)5-3-10(13)8-17/h3-7,9H,2H2,1H3,(H,18,19). The van der Waals surface area contributed by atoms with E-state index in [1.165, 1.54) is 6.20 Å². The van der Waals surface area contributed by atoms with Gasteiger partial charge < -0.3 is 10.1 Å². The lowest BCUT2D eigenvalue weighted by atomic mass is 10.2. The molecule has 5 nitrogen and oxygen atoms in total. The lowest BCUT2D eigenvalue weighted by molar-refractivity contribution is 0.0526. The van der Waals surface area contributed by atoms with Crippen molar-refractivity contribution in [2.75, 3.05) is 11.9 Å². The number of hydrogen-bond donors (Lipinski definition) is 1. The number of carbonyl (C=O) groups is 1. The summed E-state index contributed by atoms with van der Waals surface area (Å²) in [6.07, 6.45) is 1.43. The van der Waals surface area contributed by atoms with Gasteiger partial charge in [-0.25, -0.2) is 9.78 Å². The smallest absolute Gasteiger partial charge is 0.339 e. The van der Waals surface area contributed by atoms with Crippen molar-refractivity contribution in [1.29, 1.82) is 5.26 Å². The highest BCUT2D eigenvalue weighted by Gasteiger charge is 2.08. The van der Waals surface area contributed by atoms with Crippen molar-refractivity contribution < 1.29 is 9.53 Å². The molecule has 21 heavy (non-hydrogen) atoms. The number of nitrogens with one attached hydrogen (secondary N) is 1. The molecule has 0 saturated carbocycles. The van der Waals surface area contributed by atoms with Crippen LogP contribution < -0.4 is 5.32 Å². The number of pyridine rings is 1. The van der Waals surface area contributed by atoms with Crippen LogP contribution in [0.4, 0.5) is 11.5 Å². The monoisotopic (exact) mass is 345 g/mol. The number of nitrogens with zero attached hydrogens (tertiary/aromatic N) is 2. The Morgan fingerprint density at radius 1 is 1.43 bits per heavy atom. The molecule has 1 N–H and O–H groups in total. The zero-order valence-electron chi connectivity index (χ0n) is 11.3. The molecule has 0 aliphatic heterocycles. The van der Waals surface area contributed by atoms with E-state index in [4.69, 9.17) is 10.00 Å². The van der Waals surface area contributed by atoms with Gasteiger partial charge in [-0.2, -0.15) is 5.26 Å². The number of anilines is 2. The third-order valence-corrected chi connectivity index (χ3v) is 3.13. The maximum atomic E-state index is 11.5. The summed E-state index contributed by atoms with van der Waals surface area (Å²) in [7, 11) is 0. The van der Waals surface area contributed by atoms with Crippen LogP contribution in [0.25, 0.3) is 0 Å². The molecule has 0 bridgehead atoms. The number of benzene rings is 1. The Morgan fingerprint density at radius 3 is 2.86 bits per heavy atom. The van der Waals surface area contributed by atoms with Gasteiger partial charge in [-0.1, -0.05) is 15.9 Å². The molecule has 0 atom stereocenters. The fourth-order valence-corrected chi connectivity index (χ4v) is 2.02. The fraction of sp³-hybridized carbons (Fsp3) is 0.133. The molecule has 0 saturated heterocycles. The number of carbonyl (C=O) groups excluding carboxylic acids is 1. The van der Waals surface area contributed by atoms with Crippen LogP contribution in [0, 0.1) is 11.3 Å². The summed E-state index contributed by atoms with van der Waals surface area (Å²) >= 11 is 3.36. The Labute approximate surface area is 130 Å². The lowest BCUT2D eigenvalue weighted by Crippen LogP contribution is -2.05. The second-order valence-electron chi connectivity index (χ2n) is 4.08. The molecule has 1 aromatic heterocycles. The van der Waals surface area contributed by atoms with E-state index >= 15 is 0 Å². The first-order valence-corrected chi connectivity index (χ1v) is 7.03. The zero-order valence-corrected chi connectivity index (χ0v) is 12.8. The number of halogens is 1. The second kappa shape index (κ2) is 6.86. The van der Waals surface area contributed by atoms with Gasteiger partial charge in [0.1, 0.15) is 11.9 Å². The van der Waals surface area contributed by atoms with E-state index in [9.17, 15) is 4.79 Å². The zero-order chi connectivity index (χ0) is 15.2. The van der Waals surface area contributed by atoms with Gasteiger partial charge >= 0.3 is 5.97 Å². The number of nitriles is 1. The van der Waals surface area contributed by atoms with Gasteiger partial charge in [-0.05, 0) is 37.3 Å². The van der Waals surface area contributed by atoms with Crippen molar-refractivity contribution in [3.05, 3.63) is 52.1 Å². The third kappa shape index (κ3) is 3.80. The SMILES string of the molecule is CCOC(=O)c1ccc(Nc2cc(Br)ccc2C#N)nc1. The van der Waals surface area contributed by atoms with E-state index in [1.807, 2.05) is 0 Å². The molecule has 2 rings (SSSR count). The van der Waals surface area contributed by atoms with Crippen LogP contribution in [0.3, 0.4) is 0 Å². The topological polar surface area (TPSA) is 75.0 Å². The van der Waals surface area contributed by atoms with Crippen LogP contribution in [0.1, 0.15) is 22.8 Å². The van der Waals surface area contributed by atoms with Crippen LogP contribution in [-0.4, -0.2) is 17.6 Å². The van der Waals surface area contributed by atoms with Crippen molar-refractivity contribution in [2.24, 2.45) is 0 Å². The summed E-state index contributed by atoms with van der Waals surface area (Å²) in [4.78, 5) is 15.7. The molecule has 106 valence electrons. The Bertz CT molecular complexity index is 693. The van der Waals surface area contributed by atoms with Gasteiger partial charge in [-0.3, -0.25) is 0 Å². The van der Waals surface area contributed by atoms with Gasteiger partial charge in [0, 0.05) is 10.7 Å². The fourth-order valence-electron chi connectivity index (χ4n) is 1.66. The highest BCUT2D eigenvalue weighted by molar-refractivity contribution is 9.10. The first-order valence-electron chi connectivity index (χ1n) is 6.24. The van der Waals surface area contributed by atoms with Crippen LogP contribution in [0.5, 0.6) is 0 Å². The van der Waals surface area contributed by atoms with Crippen molar-refractivity contribution in [2.45, 2.75) is 6.92 Å². The molecule has 1 heterocycles. The summed E-state index contributed by atoms with van der Waals surface area (Å²) in [5.41, 5.74) is 1.54. The molecule has 0 radical (unpaired) electrons. The van der Waals surface area contributed by atoms with Gasteiger partial charge in [0.25, 0.3) is 0 Å². The molecular formula is C15H12BrN3O2. The third-order valence-electron chi connectivity index (χ3n) is 2.64.